The lowest BCUT2D eigenvalue weighted by atomic mass is 10.2. The Morgan fingerprint density at radius 2 is 2.04 bits per heavy atom. The van der Waals surface area contributed by atoms with Gasteiger partial charge in [-0.3, -0.25) is 14.9 Å². The number of hydrogen-bond donors (Lipinski definition) is 2. The summed E-state index contributed by atoms with van der Waals surface area (Å²) in [5.74, 6) is -0.0482. The highest BCUT2D eigenvalue weighted by Crippen LogP contribution is 2.27. The number of urea groups is 1. The fraction of sp³-hybridized carbons (Fsp3) is 0.312. The zero-order valence-electron chi connectivity index (χ0n) is 13.2. The number of halogens is 1. The lowest BCUT2D eigenvalue weighted by Crippen LogP contribution is -2.43. The summed E-state index contributed by atoms with van der Waals surface area (Å²) in [7, 11) is 0. The quantitative estimate of drug-likeness (QED) is 0.567. The molecule has 2 aliphatic rings. The fourth-order valence-corrected chi connectivity index (χ4v) is 2.93. The first-order valence-corrected chi connectivity index (χ1v) is 8.44. The van der Waals surface area contributed by atoms with Gasteiger partial charge in [0, 0.05) is 13.1 Å². The van der Waals surface area contributed by atoms with Gasteiger partial charge in [-0.05, 0) is 39.7 Å². The van der Waals surface area contributed by atoms with Gasteiger partial charge in [-0.25, -0.2) is 4.79 Å². The van der Waals surface area contributed by atoms with Crippen molar-refractivity contribution < 1.29 is 23.9 Å². The molecule has 0 aliphatic carbocycles. The number of morpholine rings is 1. The van der Waals surface area contributed by atoms with Crippen molar-refractivity contribution in [2.45, 2.75) is 0 Å². The Hall–Kier alpha value is -2.39. The van der Waals surface area contributed by atoms with Gasteiger partial charge in [0.1, 0.15) is 11.4 Å². The van der Waals surface area contributed by atoms with Crippen molar-refractivity contribution in [3.8, 4) is 5.75 Å². The van der Waals surface area contributed by atoms with E-state index in [0.29, 0.717) is 42.1 Å². The van der Waals surface area contributed by atoms with Gasteiger partial charge in [0.15, 0.2) is 6.61 Å². The summed E-state index contributed by atoms with van der Waals surface area (Å²) < 4.78 is 11.4. The third kappa shape index (κ3) is 4.37. The minimum Gasteiger partial charge on any atom is -0.483 e. The van der Waals surface area contributed by atoms with E-state index in [1.807, 2.05) is 0 Å². The van der Waals surface area contributed by atoms with E-state index in [1.54, 1.807) is 29.2 Å². The molecule has 0 bridgehead atoms. The monoisotopic (exact) mass is 409 g/mol. The molecule has 4 amide bonds. The molecular weight excluding hydrogens is 394 g/mol. The van der Waals surface area contributed by atoms with Gasteiger partial charge in [0.25, 0.3) is 11.8 Å². The number of imide groups is 1. The maximum Gasteiger partial charge on any atom is 0.326 e. The van der Waals surface area contributed by atoms with Crippen LogP contribution in [-0.2, 0) is 14.3 Å². The highest BCUT2D eigenvalue weighted by molar-refractivity contribution is 9.10. The van der Waals surface area contributed by atoms with Crippen LogP contribution in [0, 0.1) is 0 Å². The molecule has 132 valence electrons. The minimum absolute atomic E-state index is 0.0580. The van der Waals surface area contributed by atoms with Crippen LogP contribution in [0.3, 0.4) is 0 Å². The lowest BCUT2D eigenvalue weighted by Gasteiger charge is -2.26. The first-order chi connectivity index (χ1) is 12.0. The van der Waals surface area contributed by atoms with Gasteiger partial charge in [0.2, 0.25) is 0 Å². The molecule has 2 fully saturated rings. The van der Waals surface area contributed by atoms with Crippen molar-refractivity contribution in [2.24, 2.45) is 0 Å². The third-order valence-corrected chi connectivity index (χ3v) is 4.32. The number of hydrogen-bond acceptors (Lipinski definition) is 5. The van der Waals surface area contributed by atoms with Crippen LogP contribution in [-0.4, -0.2) is 55.7 Å². The van der Waals surface area contributed by atoms with Gasteiger partial charge in [-0.1, -0.05) is 6.07 Å². The Labute approximate surface area is 152 Å². The number of rotatable bonds is 4. The van der Waals surface area contributed by atoms with Crippen molar-refractivity contribution in [1.82, 2.24) is 15.5 Å². The number of carbonyl (C=O) groups is 3. The Balaban J connectivity index is 1.62. The summed E-state index contributed by atoms with van der Waals surface area (Å²) in [4.78, 5) is 36.4. The van der Waals surface area contributed by atoms with Crippen molar-refractivity contribution in [1.29, 1.82) is 0 Å². The Kier molecular flexibility index (Phi) is 5.34. The first kappa shape index (κ1) is 17.4. The molecule has 2 aliphatic heterocycles. The van der Waals surface area contributed by atoms with E-state index >= 15 is 0 Å². The standard InChI is InChI=1S/C16H16BrN3O5/c17-11-7-10(8-12-15(22)19-16(23)18-12)1-2-13(11)25-9-14(21)20-3-5-24-6-4-20/h1-2,7-8H,3-6,9H2,(H2,18,19,22,23)/b12-8+. The number of nitrogens with one attached hydrogen (secondary N) is 2. The average Bonchev–Trinajstić information content (AvgIpc) is 2.92. The van der Waals surface area contributed by atoms with E-state index in [9.17, 15) is 14.4 Å². The summed E-state index contributed by atoms with van der Waals surface area (Å²) in [6.45, 7) is 2.18. The zero-order valence-corrected chi connectivity index (χ0v) is 14.8. The van der Waals surface area contributed by atoms with Crippen LogP contribution in [0.25, 0.3) is 6.08 Å². The summed E-state index contributed by atoms with van der Waals surface area (Å²) in [6, 6.07) is 4.61. The summed E-state index contributed by atoms with van der Waals surface area (Å²) in [6.07, 6.45) is 1.55. The maximum atomic E-state index is 12.1. The summed E-state index contributed by atoms with van der Waals surface area (Å²) in [5, 5.41) is 4.55. The number of nitrogens with zero attached hydrogens (tertiary/aromatic N) is 1. The van der Waals surface area contributed by atoms with Crippen molar-refractivity contribution in [3.05, 3.63) is 33.9 Å². The molecule has 2 saturated heterocycles. The topological polar surface area (TPSA) is 97.0 Å². The molecule has 25 heavy (non-hydrogen) atoms. The normalized spacial score (nSPS) is 18.9. The van der Waals surface area contributed by atoms with Gasteiger partial charge >= 0.3 is 6.03 Å². The molecule has 1 aromatic rings. The van der Waals surface area contributed by atoms with Crippen molar-refractivity contribution >= 4 is 39.9 Å². The molecule has 3 rings (SSSR count). The molecule has 8 nitrogen and oxygen atoms in total. The predicted molar refractivity (Wildman–Crippen MR) is 91.7 cm³/mol. The van der Waals surface area contributed by atoms with Crippen LogP contribution in [0.1, 0.15) is 5.56 Å². The molecule has 9 heteroatoms. The number of benzene rings is 1. The molecule has 0 radical (unpaired) electrons. The zero-order chi connectivity index (χ0) is 17.8. The second-order valence-corrected chi connectivity index (χ2v) is 6.29. The summed E-state index contributed by atoms with van der Waals surface area (Å²) >= 11 is 3.38. The van der Waals surface area contributed by atoms with E-state index in [1.165, 1.54) is 0 Å². The van der Waals surface area contributed by atoms with E-state index in [2.05, 4.69) is 26.6 Å². The molecule has 0 saturated carbocycles. The van der Waals surface area contributed by atoms with Crippen LogP contribution in [0.5, 0.6) is 5.75 Å². The first-order valence-electron chi connectivity index (χ1n) is 7.65. The van der Waals surface area contributed by atoms with Gasteiger partial charge in [-0.15, -0.1) is 0 Å². The Morgan fingerprint density at radius 1 is 1.28 bits per heavy atom. The molecule has 0 atom stereocenters. The average molecular weight is 410 g/mol. The minimum atomic E-state index is -0.545. The van der Waals surface area contributed by atoms with Crippen molar-refractivity contribution in [2.75, 3.05) is 32.9 Å². The lowest BCUT2D eigenvalue weighted by molar-refractivity contribution is -0.137. The van der Waals surface area contributed by atoms with Gasteiger partial charge in [0.05, 0.1) is 17.7 Å². The highest BCUT2D eigenvalue weighted by Gasteiger charge is 2.23. The smallest absolute Gasteiger partial charge is 0.326 e. The fourth-order valence-electron chi connectivity index (χ4n) is 2.42. The SMILES string of the molecule is O=C1NC(=O)/C(=C\c2ccc(OCC(=O)N3CCOCC3)c(Br)c2)N1. The Bertz CT molecular complexity index is 743. The van der Waals surface area contributed by atoms with Crippen LogP contribution in [0.15, 0.2) is 28.4 Å². The molecule has 2 N–H and O–H groups in total. The van der Waals surface area contributed by atoms with Crippen LogP contribution >= 0.6 is 15.9 Å². The molecule has 1 aromatic carbocycles. The van der Waals surface area contributed by atoms with E-state index in [0.717, 1.165) is 0 Å². The maximum absolute atomic E-state index is 12.1. The molecule has 0 aromatic heterocycles. The molecular formula is C16H16BrN3O5. The van der Waals surface area contributed by atoms with Gasteiger partial charge < -0.3 is 19.7 Å². The third-order valence-electron chi connectivity index (χ3n) is 3.70. The number of amides is 4. The number of carbonyl (C=O) groups excluding carboxylic acids is 3. The molecule has 0 spiro atoms. The molecule has 0 unspecified atom stereocenters. The predicted octanol–water partition coefficient (Wildman–Crippen LogP) is 0.867. The van der Waals surface area contributed by atoms with E-state index in [-0.39, 0.29) is 18.2 Å². The van der Waals surface area contributed by atoms with E-state index < -0.39 is 11.9 Å². The van der Waals surface area contributed by atoms with Crippen LogP contribution < -0.4 is 15.4 Å². The van der Waals surface area contributed by atoms with E-state index in [4.69, 9.17) is 9.47 Å². The highest BCUT2D eigenvalue weighted by atomic mass is 79.9. The second-order valence-electron chi connectivity index (χ2n) is 5.44. The van der Waals surface area contributed by atoms with Crippen LogP contribution in [0.2, 0.25) is 0 Å². The number of ether oxygens (including phenoxy) is 2. The Morgan fingerprint density at radius 3 is 2.68 bits per heavy atom. The van der Waals surface area contributed by atoms with Gasteiger partial charge in [-0.2, -0.15) is 0 Å². The molecule has 2 heterocycles. The van der Waals surface area contributed by atoms with Crippen LogP contribution in [0.4, 0.5) is 4.79 Å². The summed E-state index contributed by atoms with van der Waals surface area (Å²) in [5.41, 5.74) is 0.874. The second kappa shape index (κ2) is 7.66. The largest absolute Gasteiger partial charge is 0.483 e. The van der Waals surface area contributed by atoms with Crippen molar-refractivity contribution in [3.63, 3.8) is 0 Å².